The van der Waals surface area contributed by atoms with E-state index < -0.39 is 0 Å². The van der Waals surface area contributed by atoms with Crippen LogP contribution >= 0.6 is 0 Å². The number of nitriles is 1. The van der Waals surface area contributed by atoms with Crippen molar-refractivity contribution in [2.75, 3.05) is 12.4 Å². The van der Waals surface area contributed by atoms with Gasteiger partial charge in [-0.15, -0.1) is 0 Å². The number of hydrogen-bond donors (Lipinski definition) is 1. The molecule has 2 rings (SSSR count). The minimum absolute atomic E-state index is 0.597. The maximum atomic E-state index is 8.81. The molecule has 1 N–H and O–H groups in total. The summed E-state index contributed by atoms with van der Waals surface area (Å²) in [4.78, 5) is 4.05. The number of methoxy groups -OCH3 is 1. The molecule has 4 heteroatoms. The first-order valence-electron chi connectivity index (χ1n) is 5.55. The molecule has 0 spiro atoms. The maximum Gasteiger partial charge on any atom is 0.213 e. The van der Waals surface area contributed by atoms with Gasteiger partial charge in [0.2, 0.25) is 5.88 Å². The molecular formula is C14H13N3O. The highest BCUT2D eigenvalue weighted by Gasteiger charge is 1.98. The number of nitrogens with one attached hydrogen (secondary N) is 1. The van der Waals surface area contributed by atoms with Gasteiger partial charge < -0.3 is 10.1 Å². The molecule has 90 valence electrons. The van der Waals surface area contributed by atoms with E-state index in [1.165, 1.54) is 0 Å². The van der Waals surface area contributed by atoms with E-state index >= 15 is 0 Å². The second-order valence-corrected chi connectivity index (χ2v) is 3.75. The summed E-state index contributed by atoms with van der Waals surface area (Å²) in [5.41, 5.74) is 2.64. The predicted molar refractivity (Wildman–Crippen MR) is 69.3 cm³/mol. The van der Waals surface area contributed by atoms with E-state index in [0.29, 0.717) is 18.0 Å². The third kappa shape index (κ3) is 2.98. The van der Waals surface area contributed by atoms with Crippen LogP contribution in [0.3, 0.4) is 0 Å². The van der Waals surface area contributed by atoms with E-state index in [9.17, 15) is 0 Å². The van der Waals surface area contributed by atoms with Gasteiger partial charge in [-0.05, 0) is 29.8 Å². The van der Waals surface area contributed by atoms with Gasteiger partial charge in [0, 0.05) is 24.5 Å². The van der Waals surface area contributed by atoms with Gasteiger partial charge in [0.05, 0.1) is 18.7 Å². The lowest BCUT2D eigenvalue weighted by atomic mass is 10.2. The lowest BCUT2D eigenvalue weighted by Crippen LogP contribution is -2.00. The van der Waals surface area contributed by atoms with Crippen LogP contribution in [-0.2, 0) is 6.54 Å². The van der Waals surface area contributed by atoms with Crippen molar-refractivity contribution < 1.29 is 4.74 Å². The Hall–Kier alpha value is -2.54. The number of hydrogen-bond acceptors (Lipinski definition) is 4. The molecule has 0 unspecified atom stereocenters. The first kappa shape index (κ1) is 11.9. The average Bonchev–Trinajstić information content (AvgIpc) is 2.45. The van der Waals surface area contributed by atoms with Gasteiger partial charge in [0.25, 0.3) is 0 Å². The molecule has 0 aliphatic heterocycles. The normalized spacial score (nSPS) is 9.56. The van der Waals surface area contributed by atoms with Crippen LogP contribution in [0.5, 0.6) is 5.88 Å². The number of anilines is 1. The largest absolute Gasteiger partial charge is 0.481 e. The minimum Gasteiger partial charge on any atom is -0.481 e. The second-order valence-electron chi connectivity index (χ2n) is 3.75. The zero-order chi connectivity index (χ0) is 12.8. The van der Waals surface area contributed by atoms with E-state index in [1.54, 1.807) is 19.4 Å². The Morgan fingerprint density at radius 2 is 2.22 bits per heavy atom. The molecule has 0 aliphatic carbocycles. The van der Waals surface area contributed by atoms with E-state index in [-0.39, 0.29) is 0 Å². The molecule has 4 nitrogen and oxygen atoms in total. The Labute approximate surface area is 106 Å². The fraction of sp³-hybridized carbons (Fsp3) is 0.143. The summed E-state index contributed by atoms with van der Waals surface area (Å²) in [6, 6.07) is 13.3. The van der Waals surface area contributed by atoms with Crippen molar-refractivity contribution in [2.24, 2.45) is 0 Å². The van der Waals surface area contributed by atoms with Gasteiger partial charge >= 0.3 is 0 Å². The predicted octanol–water partition coefficient (Wildman–Crippen LogP) is 2.57. The molecule has 0 radical (unpaired) electrons. The molecule has 0 saturated heterocycles. The van der Waals surface area contributed by atoms with Gasteiger partial charge in [-0.2, -0.15) is 5.26 Å². The lowest BCUT2D eigenvalue weighted by Gasteiger charge is -2.07. The molecule has 0 aliphatic rings. The first-order valence-corrected chi connectivity index (χ1v) is 5.55. The second kappa shape index (κ2) is 5.69. The topological polar surface area (TPSA) is 57.9 Å². The summed E-state index contributed by atoms with van der Waals surface area (Å²) in [5.74, 6) is 0.597. The lowest BCUT2D eigenvalue weighted by molar-refractivity contribution is 0.397. The van der Waals surface area contributed by atoms with Crippen LogP contribution in [0.15, 0.2) is 42.6 Å². The summed E-state index contributed by atoms with van der Waals surface area (Å²) in [6.45, 7) is 0.660. The van der Waals surface area contributed by atoms with Gasteiger partial charge in [0.15, 0.2) is 0 Å². The number of benzene rings is 1. The number of ether oxygens (including phenoxy) is 1. The summed E-state index contributed by atoms with van der Waals surface area (Å²) in [7, 11) is 1.59. The summed E-state index contributed by atoms with van der Waals surface area (Å²) in [5, 5.41) is 12.1. The molecule has 0 fully saturated rings. The average molecular weight is 239 g/mol. The van der Waals surface area contributed by atoms with E-state index in [0.717, 1.165) is 11.3 Å². The van der Waals surface area contributed by atoms with E-state index in [4.69, 9.17) is 10.00 Å². The van der Waals surface area contributed by atoms with Crippen molar-refractivity contribution >= 4 is 5.69 Å². The number of pyridine rings is 1. The molecule has 1 aromatic carbocycles. The third-order valence-electron chi connectivity index (χ3n) is 2.50. The van der Waals surface area contributed by atoms with Crippen LogP contribution in [0.25, 0.3) is 0 Å². The van der Waals surface area contributed by atoms with Crippen LogP contribution < -0.4 is 10.1 Å². The molecule has 1 aromatic heterocycles. The van der Waals surface area contributed by atoms with Crippen LogP contribution in [0, 0.1) is 11.3 Å². The molecule has 1 heterocycles. The molecular weight excluding hydrogens is 226 g/mol. The Morgan fingerprint density at radius 1 is 1.33 bits per heavy atom. The zero-order valence-electron chi connectivity index (χ0n) is 10.1. The van der Waals surface area contributed by atoms with E-state index in [1.807, 2.05) is 30.3 Å². The zero-order valence-corrected chi connectivity index (χ0v) is 10.1. The maximum absolute atomic E-state index is 8.81. The number of aromatic nitrogens is 1. The number of nitrogens with zero attached hydrogens (tertiary/aromatic N) is 2. The van der Waals surface area contributed by atoms with Gasteiger partial charge in [-0.1, -0.05) is 6.07 Å². The smallest absolute Gasteiger partial charge is 0.213 e. The van der Waals surface area contributed by atoms with Crippen molar-refractivity contribution in [1.82, 2.24) is 4.98 Å². The third-order valence-corrected chi connectivity index (χ3v) is 2.50. The van der Waals surface area contributed by atoms with Gasteiger partial charge in [0.1, 0.15) is 0 Å². The molecule has 18 heavy (non-hydrogen) atoms. The Kier molecular flexibility index (Phi) is 3.77. The van der Waals surface area contributed by atoms with Crippen LogP contribution in [-0.4, -0.2) is 12.1 Å². The monoisotopic (exact) mass is 239 g/mol. The fourth-order valence-corrected chi connectivity index (χ4v) is 1.57. The quantitative estimate of drug-likeness (QED) is 0.890. The van der Waals surface area contributed by atoms with Gasteiger partial charge in [-0.25, -0.2) is 4.98 Å². The molecule has 0 saturated carbocycles. The Morgan fingerprint density at radius 3 is 3.00 bits per heavy atom. The Balaban J connectivity index is 2.04. The first-order chi connectivity index (χ1) is 8.81. The SMILES string of the molecule is COc1cc(CNc2cccc(C#N)c2)ccn1. The Bertz CT molecular complexity index is 575. The van der Waals surface area contributed by atoms with Crippen molar-refractivity contribution in [3.63, 3.8) is 0 Å². The van der Waals surface area contributed by atoms with Crippen LogP contribution in [0.4, 0.5) is 5.69 Å². The molecule has 0 bridgehead atoms. The van der Waals surface area contributed by atoms with Gasteiger partial charge in [-0.3, -0.25) is 0 Å². The highest BCUT2D eigenvalue weighted by molar-refractivity contribution is 5.49. The summed E-state index contributed by atoms with van der Waals surface area (Å²) < 4.78 is 5.06. The van der Waals surface area contributed by atoms with Crippen molar-refractivity contribution in [1.29, 1.82) is 5.26 Å². The highest BCUT2D eigenvalue weighted by atomic mass is 16.5. The molecule has 0 amide bonds. The van der Waals surface area contributed by atoms with Crippen molar-refractivity contribution in [3.05, 3.63) is 53.7 Å². The van der Waals surface area contributed by atoms with Crippen molar-refractivity contribution in [2.45, 2.75) is 6.54 Å². The summed E-state index contributed by atoms with van der Waals surface area (Å²) >= 11 is 0. The van der Waals surface area contributed by atoms with Crippen LogP contribution in [0.1, 0.15) is 11.1 Å². The van der Waals surface area contributed by atoms with E-state index in [2.05, 4.69) is 16.4 Å². The molecule has 2 aromatic rings. The molecule has 0 atom stereocenters. The minimum atomic E-state index is 0.597. The van der Waals surface area contributed by atoms with Crippen LogP contribution in [0.2, 0.25) is 0 Å². The van der Waals surface area contributed by atoms with Crippen molar-refractivity contribution in [3.8, 4) is 11.9 Å². The summed E-state index contributed by atoms with van der Waals surface area (Å²) in [6.07, 6.45) is 1.71. The number of rotatable bonds is 4. The highest BCUT2D eigenvalue weighted by Crippen LogP contribution is 2.13. The standard InChI is InChI=1S/C14H13N3O/c1-18-14-8-12(5-6-16-14)10-17-13-4-2-3-11(7-13)9-15/h2-8,17H,10H2,1H3. The fourth-order valence-electron chi connectivity index (χ4n) is 1.57.